The fourth-order valence-corrected chi connectivity index (χ4v) is 1.72. The number of nitrogens with one attached hydrogen (secondary N) is 1. The van der Waals surface area contributed by atoms with E-state index in [0.29, 0.717) is 23.7 Å². The Morgan fingerprint density at radius 3 is 2.78 bits per heavy atom. The summed E-state index contributed by atoms with van der Waals surface area (Å²) in [6.07, 6.45) is 0. The lowest BCUT2D eigenvalue weighted by Gasteiger charge is -2.11. The molecular weight excluding hydrogens is 231 g/mol. The molecule has 0 saturated carbocycles. The Bertz CT molecular complexity index is 543. The molecule has 0 saturated heterocycles. The summed E-state index contributed by atoms with van der Waals surface area (Å²) in [5, 5.41) is 3.13. The lowest BCUT2D eigenvalue weighted by atomic mass is 10.2. The van der Waals surface area contributed by atoms with Crippen LogP contribution in [0.25, 0.3) is 0 Å². The molecule has 0 aliphatic heterocycles. The van der Waals surface area contributed by atoms with Crippen LogP contribution in [0.3, 0.4) is 0 Å². The first-order valence-corrected chi connectivity index (χ1v) is 5.61. The van der Waals surface area contributed by atoms with Crippen molar-refractivity contribution in [3.05, 3.63) is 53.8 Å². The smallest absolute Gasteiger partial charge is 0.142 e. The summed E-state index contributed by atoms with van der Waals surface area (Å²) in [7, 11) is 1.55. The number of anilines is 2. The second-order valence-corrected chi connectivity index (χ2v) is 3.94. The Morgan fingerprint density at radius 1 is 1.22 bits per heavy atom. The molecule has 94 valence electrons. The molecule has 2 aromatic carbocycles. The summed E-state index contributed by atoms with van der Waals surface area (Å²) < 4.78 is 18.3. The van der Waals surface area contributed by atoms with Crippen LogP contribution in [0.4, 0.5) is 15.8 Å². The molecule has 4 heteroatoms. The van der Waals surface area contributed by atoms with Crippen LogP contribution in [0.5, 0.6) is 5.75 Å². The highest BCUT2D eigenvalue weighted by Gasteiger charge is 2.04. The first-order valence-electron chi connectivity index (χ1n) is 5.61. The van der Waals surface area contributed by atoms with Gasteiger partial charge in [0.2, 0.25) is 0 Å². The van der Waals surface area contributed by atoms with E-state index in [4.69, 9.17) is 10.5 Å². The second-order valence-electron chi connectivity index (χ2n) is 3.94. The molecule has 0 aliphatic carbocycles. The van der Waals surface area contributed by atoms with Gasteiger partial charge in [0.1, 0.15) is 11.6 Å². The average Bonchev–Trinajstić information content (AvgIpc) is 2.37. The van der Waals surface area contributed by atoms with Gasteiger partial charge in [-0.3, -0.25) is 0 Å². The van der Waals surface area contributed by atoms with Crippen molar-refractivity contribution in [1.82, 2.24) is 0 Å². The van der Waals surface area contributed by atoms with Crippen molar-refractivity contribution in [2.24, 2.45) is 0 Å². The number of rotatable bonds is 4. The van der Waals surface area contributed by atoms with Crippen molar-refractivity contribution < 1.29 is 9.13 Å². The van der Waals surface area contributed by atoms with Crippen molar-refractivity contribution in [1.29, 1.82) is 0 Å². The summed E-state index contributed by atoms with van der Waals surface area (Å²) in [6.45, 7) is 0.560. The summed E-state index contributed by atoms with van der Waals surface area (Å²) >= 11 is 0. The fraction of sp³-hybridized carbons (Fsp3) is 0.143. The molecule has 3 N–H and O–H groups in total. The minimum Gasteiger partial charge on any atom is -0.495 e. The third-order valence-corrected chi connectivity index (χ3v) is 2.60. The van der Waals surface area contributed by atoms with Crippen LogP contribution in [-0.4, -0.2) is 7.11 Å². The number of hydrogen-bond donors (Lipinski definition) is 2. The summed E-state index contributed by atoms with van der Waals surface area (Å²) in [4.78, 5) is 0. The Labute approximate surface area is 105 Å². The van der Waals surface area contributed by atoms with E-state index in [1.807, 2.05) is 24.3 Å². The van der Waals surface area contributed by atoms with Crippen LogP contribution < -0.4 is 15.8 Å². The van der Waals surface area contributed by atoms with E-state index < -0.39 is 0 Å². The molecule has 0 fully saturated rings. The minimum atomic E-state index is -0.300. The van der Waals surface area contributed by atoms with Gasteiger partial charge in [-0.05, 0) is 29.8 Å². The predicted octanol–water partition coefficient (Wildman–Crippen LogP) is 3.03. The van der Waals surface area contributed by atoms with Crippen molar-refractivity contribution in [2.45, 2.75) is 6.54 Å². The molecule has 3 nitrogen and oxygen atoms in total. The van der Waals surface area contributed by atoms with E-state index in [0.717, 1.165) is 5.56 Å². The number of methoxy groups -OCH3 is 1. The Kier molecular flexibility index (Phi) is 3.67. The number of halogens is 1. The zero-order valence-corrected chi connectivity index (χ0v) is 10.1. The first kappa shape index (κ1) is 12.2. The maximum Gasteiger partial charge on any atom is 0.142 e. The lowest BCUT2D eigenvalue weighted by molar-refractivity contribution is 0.415. The van der Waals surface area contributed by atoms with Gasteiger partial charge in [0.15, 0.2) is 0 Å². The number of hydrogen-bond acceptors (Lipinski definition) is 3. The van der Waals surface area contributed by atoms with Crippen molar-refractivity contribution in [2.75, 3.05) is 18.2 Å². The quantitative estimate of drug-likeness (QED) is 0.815. The Hall–Kier alpha value is -2.23. The third-order valence-electron chi connectivity index (χ3n) is 2.60. The zero-order chi connectivity index (χ0) is 13.0. The number of nitrogen functional groups attached to an aromatic ring is 1. The van der Waals surface area contributed by atoms with Gasteiger partial charge in [-0.1, -0.05) is 12.1 Å². The van der Waals surface area contributed by atoms with Crippen molar-refractivity contribution in [3.8, 4) is 5.75 Å². The highest BCUT2D eigenvalue weighted by atomic mass is 19.1. The van der Waals surface area contributed by atoms with Crippen LogP contribution in [0.1, 0.15) is 5.56 Å². The molecule has 0 heterocycles. The van der Waals surface area contributed by atoms with Gasteiger partial charge in [0, 0.05) is 18.3 Å². The Balaban J connectivity index is 2.12. The van der Waals surface area contributed by atoms with Gasteiger partial charge < -0.3 is 15.8 Å². The van der Waals surface area contributed by atoms with Gasteiger partial charge in [0.25, 0.3) is 0 Å². The van der Waals surface area contributed by atoms with Crippen LogP contribution in [0.2, 0.25) is 0 Å². The van der Waals surface area contributed by atoms with Gasteiger partial charge >= 0.3 is 0 Å². The second kappa shape index (κ2) is 5.40. The molecule has 0 atom stereocenters. The average molecular weight is 246 g/mol. The van der Waals surface area contributed by atoms with Crippen LogP contribution in [0, 0.1) is 5.82 Å². The summed E-state index contributed by atoms with van der Waals surface area (Å²) in [6, 6.07) is 11.9. The SMILES string of the molecule is COc1ccc(F)cc1NCc1cccc(N)c1. The van der Waals surface area contributed by atoms with E-state index in [1.165, 1.54) is 12.1 Å². The van der Waals surface area contributed by atoms with E-state index in [-0.39, 0.29) is 5.82 Å². The van der Waals surface area contributed by atoms with Crippen LogP contribution >= 0.6 is 0 Å². The molecule has 0 amide bonds. The monoisotopic (exact) mass is 246 g/mol. The molecule has 0 unspecified atom stereocenters. The van der Waals surface area contributed by atoms with Gasteiger partial charge in [-0.25, -0.2) is 4.39 Å². The molecular formula is C14H15FN2O. The lowest BCUT2D eigenvalue weighted by Crippen LogP contribution is -2.02. The highest BCUT2D eigenvalue weighted by Crippen LogP contribution is 2.25. The summed E-state index contributed by atoms with van der Waals surface area (Å²) in [5.41, 5.74) is 8.06. The van der Waals surface area contributed by atoms with Gasteiger partial charge in [0.05, 0.1) is 12.8 Å². The molecule has 0 bridgehead atoms. The molecule has 2 aromatic rings. The standard InChI is InChI=1S/C14H15FN2O/c1-18-14-6-5-11(15)8-13(14)17-9-10-3-2-4-12(16)7-10/h2-8,17H,9,16H2,1H3. The number of ether oxygens (including phenoxy) is 1. The minimum absolute atomic E-state index is 0.300. The van der Waals surface area contributed by atoms with Gasteiger partial charge in [-0.2, -0.15) is 0 Å². The molecule has 0 spiro atoms. The maximum atomic E-state index is 13.2. The molecule has 0 aliphatic rings. The van der Waals surface area contributed by atoms with Crippen LogP contribution in [-0.2, 0) is 6.54 Å². The highest BCUT2D eigenvalue weighted by molar-refractivity contribution is 5.57. The summed E-state index contributed by atoms with van der Waals surface area (Å²) in [5.74, 6) is 0.311. The van der Waals surface area contributed by atoms with Crippen LogP contribution in [0.15, 0.2) is 42.5 Å². The maximum absolute atomic E-state index is 13.2. The first-order chi connectivity index (χ1) is 8.69. The molecule has 0 aromatic heterocycles. The number of nitrogens with two attached hydrogens (primary N) is 1. The van der Waals surface area contributed by atoms with E-state index in [1.54, 1.807) is 13.2 Å². The van der Waals surface area contributed by atoms with E-state index in [2.05, 4.69) is 5.32 Å². The number of benzene rings is 2. The Morgan fingerprint density at radius 2 is 2.06 bits per heavy atom. The van der Waals surface area contributed by atoms with E-state index in [9.17, 15) is 4.39 Å². The van der Waals surface area contributed by atoms with Crippen molar-refractivity contribution in [3.63, 3.8) is 0 Å². The molecule has 2 rings (SSSR count). The molecule has 0 radical (unpaired) electrons. The van der Waals surface area contributed by atoms with E-state index >= 15 is 0 Å². The largest absolute Gasteiger partial charge is 0.495 e. The zero-order valence-electron chi connectivity index (χ0n) is 10.1. The van der Waals surface area contributed by atoms with Gasteiger partial charge in [-0.15, -0.1) is 0 Å². The third kappa shape index (κ3) is 2.91. The molecule has 18 heavy (non-hydrogen) atoms. The predicted molar refractivity (Wildman–Crippen MR) is 71.1 cm³/mol. The topological polar surface area (TPSA) is 47.3 Å². The normalized spacial score (nSPS) is 10.1. The van der Waals surface area contributed by atoms with Crippen molar-refractivity contribution >= 4 is 11.4 Å². The fourth-order valence-electron chi connectivity index (χ4n) is 1.72.